The number of halogens is 1. The van der Waals surface area contributed by atoms with Crippen LogP contribution in [0.5, 0.6) is 5.75 Å². The molecular formula is C24H27ClN2O4. The van der Waals surface area contributed by atoms with E-state index in [1.165, 1.54) is 11.0 Å². The van der Waals surface area contributed by atoms with Crippen molar-refractivity contribution in [3.63, 3.8) is 0 Å². The minimum Gasteiger partial charge on any atom is -0.507 e. The van der Waals surface area contributed by atoms with E-state index in [-0.39, 0.29) is 22.6 Å². The number of rotatable bonds is 6. The van der Waals surface area contributed by atoms with Gasteiger partial charge >= 0.3 is 0 Å². The van der Waals surface area contributed by atoms with Gasteiger partial charge in [0.15, 0.2) is 0 Å². The third-order valence-electron chi connectivity index (χ3n) is 5.58. The van der Waals surface area contributed by atoms with E-state index in [9.17, 15) is 19.8 Å². The predicted octanol–water partition coefficient (Wildman–Crippen LogP) is 4.04. The number of hydrogen-bond donors (Lipinski definition) is 2. The minimum atomic E-state index is -0.790. The minimum absolute atomic E-state index is 0.0457. The highest BCUT2D eigenvalue weighted by atomic mass is 35.5. The fourth-order valence-electron chi connectivity index (χ4n) is 3.83. The molecule has 164 valence electrons. The summed E-state index contributed by atoms with van der Waals surface area (Å²) in [5.41, 5.74) is 2.40. The number of hydrogen-bond acceptors (Lipinski definition) is 5. The Bertz CT molecular complexity index is 1060. The number of benzene rings is 2. The van der Waals surface area contributed by atoms with Crippen LogP contribution in [0.3, 0.4) is 0 Å². The molecule has 6 nitrogen and oxygen atoms in total. The first kappa shape index (κ1) is 22.8. The van der Waals surface area contributed by atoms with Gasteiger partial charge in [0.1, 0.15) is 11.5 Å². The van der Waals surface area contributed by atoms with Crippen molar-refractivity contribution < 1.29 is 19.8 Å². The zero-order valence-electron chi connectivity index (χ0n) is 18.1. The third-order valence-corrected chi connectivity index (χ3v) is 5.81. The molecule has 1 amide bonds. The van der Waals surface area contributed by atoms with Gasteiger partial charge in [-0.05, 0) is 81.9 Å². The monoisotopic (exact) mass is 442 g/mol. The average Bonchev–Trinajstić information content (AvgIpc) is 2.95. The van der Waals surface area contributed by atoms with E-state index in [0.29, 0.717) is 23.6 Å². The number of Topliss-reactive ketones (excluding diaryl/α,β-unsaturated/α-hetero) is 1. The molecule has 1 fully saturated rings. The number of carbonyl (C=O) groups is 2. The number of aliphatic hydroxyl groups excluding tert-OH is 1. The summed E-state index contributed by atoms with van der Waals surface area (Å²) < 4.78 is 0. The molecule has 7 heteroatoms. The normalized spacial score (nSPS) is 18.3. The van der Waals surface area contributed by atoms with Crippen LogP contribution < -0.4 is 0 Å². The van der Waals surface area contributed by atoms with Gasteiger partial charge in [0, 0.05) is 11.6 Å². The van der Waals surface area contributed by atoms with Gasteiger partial charge in [-0.3, -0.25) is 9.59 Å². The number of nitrogens with zero attached hydrogens (tertiary/aromatic N) is 2. The standard InChI is InChI=1S/C24H27ClN2O4/c1-14-11-18(19(28)12-15(14)2)22(29)20-21(16-7-5-8-17(25)13-16)27(24(31)23(20)30)10-6-9-26(3)4/h5,7-8,11-13,21,28-29H,6,9-10H2,1-4H3. The van der Waals surface area contributed by atoms with E-state index >= 15 is 0 Å². The van der Waals surface area contributed by atoms with Crippen molar-refractivity contribution >= 4 is 29.1 Å². The Morgan fingerprint density at radius 3 is 2.45 bits per heavy atom. The van der Waals surface area contributed by atoms with Crippen LogP contribution in [-0.2, 0) is 9.59 Å². The summed E-state index contributed by atoms with van der Waals surface area (Å²) in [6.07, 6.45) is 0.659. The van der Waals surface area contributed by atoms with Crippen molar-refractivity contribution in [1.29, 1.82) is 0 Å². The maximum atomic E-state index is 13.0. The molecular weight excluding hydrogens is 416 g/mol. The van der Waals surface area contributed by atoms with Crippen molar-refractivity contribution in [2.75, 3.05) is 27.2 Å². The maximum absolute atomic E-state index is 13.0. The first-order valence-corrected chi connectivity index (χ1v) is 10.5. The lowest BCUT2D eigenvalue weighted by molar-refractivity contribution is -0.139. The third kappa shape index (κ3) is 4.60. The van der Waals surface area contributed by atoms with Gasteiger partial charge in [-0.25, -0.2) is 0 Å². The lowest BCUT2D eigenvalue weighted by atomic mass is 9.94. The van der Waals surface area contributed by atoms with Gasteiger partial charge in [-0.1, -0.05) is 23.7 Å². The van der Waals surface area contributed by atoms with Crippen LogP contribution in [0.15, 0.2) is 42.0 Å². The SMILES string of the molecule is Cc1cc(O)c(C(O)=C2C(=O)C(=O)N(CCCN(C)C)C2c2cccc(Cl)c2)cc1C. The molecule has 1 aliphatic heterocycles. The van der Waals surface area contributed by atoms with Crippen molar-refractivity contribution in [2.45, 2.75) is 26.3 Å². The fourth-order valence-corrected chi connectivity index (χ4v) is 4.03. The smallest absolute Gasteiger partial charge is 0.295 e. The van der Waals surface area contributed by atoms with Crippen LogP contribution >= 0.6 is 11.6 Å². The van der Waals surface area contributed by atoms with Crippen molar-refractivity contribution in [1.82, 2.24) is 9.80 Å². The molecule has 0 radical (unpaired) electrons. The average molecular weight is 443 g/mol. The molecule has 2 aromatic carbocycles. The molecule has 1 unspecified atom stereocenters. The molecule has 1 aliphatic rings. The predicted molar refractivity (Wildman–Crippen MR) is 121 cm³/mol. The Kier molecular flexibility index (Phi) is 6.72. The number of ketones is 1. The zero-order valence-corrected chi connectivity index (χ0v) is 18.9. The summed E-state index contributed by atoms with van der Waals surface area (Å²) in [7, 11) is 3.87. The van der Waals surface area contributed by atoms with E-state index in [2.05, 4.69) is 0 Å². The van der Waals surface area contributed by atoms with Gasteiger partial charge in [-0.2, -0.15) is 0 Å². The molecule has 2 aromatic rings. The number of likely N-dealkylation sites (tertiary alicyclic amines) is 1. The molecule has 1 saturated heterocycles. The highest BCUT2D eigenvalue weighted by Crippen LogP contribution is 2.41. The van der Waals surface area contributed by atoms with Crippen LogP contribution in [0.1, 0.15) is 34.7 Å². The van der Waals surface area contributed by atoms with Gasteiger partial charge < -0.3 is 20.0 Å². The highest BCUT2D eigenvalue weighted by molar-refractivity contribution is 6.46. The van der Waals surface area contributed by atoms with Crippen molar-refractivity contribution in [3.8, 4) is 5.75 Å². The Morgan fingerprint density at radius 2 is 1.81 bits per heavy atom. The lowest BCUT2D eigenvalue weighted by Gasteiger charge is -2.26. The van der Waals surface area contributed by atoms with E-state index < -0.39 is 17.7 Å². The summed E-state index contributed by atoms with van der Waals surface area (Å²) in [4.78, 5) is 29.4. The largest absolute Gasteiger partial charge is 0.507 e. The van der Waals surface area contributed by atoms with Gasteiger partial charge in [0.25, 0.3) is 11.7 Å². The topological polar surface area (TPSA) is 81.1 Å². The molecule has 0 bridgehead atoms. The number of aryl methyl sites for hydroxylation is 2. The number of amides is 1. The first-order valence-electron chi connectivity index (χ1n) is 10.1. The Morgan fingerprint density at radius 1 is 1.13 bits per heavy atom. The van der Waals surface area contributed by atoms with E-state index in [1.54, 1.807) is 30.3 Å². The number of phenols is 1. The van der Waals surface area contributed by atoms with Crippen LogP contribution in [0.25, 0.3) is 5.76 Å². The molecule has 1 heterocycles. The second-order valence-electron chi connectivity index (χ2n) is 8.16. The highest BCUT2D eigenvalue weighted by Gasteiger charge is 2.46. The van der Waals surface area contributed by atoms with E-state index in [0.717, 1.165) is 17.7 Å². The van der Waals surface area contributed by atoms with Crippen molar-refractivity contribution in [2.24, 2.45) is 0 Å². The van der Waals surface area contributed by atoms with Gasteiger partial charge in [-0.15, -0.1) is 0 Å². The van der Waals surface area contributed by atoms with E-state index in [4.69, 9.17) is 11.6 Å². The number of carbonyl (C=O) groups excluding carboxylic acids is 2. The van der Waals surface area contributed by atoms with Crippen LogP contribution in [0, 0.1) is 13.8 Å². The molecule has 0 spiro atoms. The van der Waals surface area contributed by atoms with Gasteiger partial charge in [0.2, 0.25) is 0 Å². The lowest BCUT2D eigenvalue weighted by Crippen LogP contribution is -2.32. The Hall–Kier alpha value is -2.83. The molecule has 3 rings (SSSR count). The maximum Gasteiger partial charge on any atom is 0.295 e. The van der Waals surface area contributed by atoms with Crippen LogP contribution in [-0.4, -0.2) is 58.9 Å². The van der Waals surface area contributed by atoms with E-state index in [1.807, 2.05) is 32.8 Å². The van der Waals surface area contributed by atoms with Crippen molar-refractivity contribution in [3.05, 3.63) is 69.2 Å². The molecule has 31 heavy (non-hydrogen) atoms. The summed E-state index contributed by atoms with van der Waals surface area (Å²) in [5, 5.41) is 22.0. The van der Waals surface area contributed by atoms with Crippen LogP contribution in [0.2, 0.25) is 5.02 Å². The molecule has 0 saturated carbocycles. The molecule has 0 aromatic heterocycles. The number of aliphatic hydroxyl groups is 1. The molecule has 2 N–H and O–H groups in total. The van der Waals surface area contributed by atoms with Crippen LogP contribution in [0.4, 0.5) is 0 Å². The summed E-state index contributed by atoms with van der Waals surface area (Å²) in [6.45, 7) is 4.77. The Labute approximate surface area is 187 Å². The quantitative estimate of drug-likeness (QED) is 0.401. The fraction of sp³-hybridized carbons (Fsp3) is 0.333. The Balaban J connectivity index is 2.16. The summed E-state index contributed by atoms with van der Waals surface area (Å²) in [5.74, 6) is -1.98. The molecule has 0 aliphatic carbocycles. The zero-order chi connectivity index (χ0) is 22.9. The number of phenolic OH excluding ortho intramolecular Hbond substituents is 1. The first-order chi connectivity index (χ1) is 14.6. The molecule has 1 atom stereocenters. The summed E-state index contributed by atoms with van der Waals surface area (Å²) >= 11 is 6.18. The summed E-state index contributed by atoms with van der Waals surface area (Å²) in [6, 6.07) is 9.27. The second-order valence-corrected chi connectivity index (χ2v) is 8.59. The second kappa shape index (κ2) is 9.12. The van der Waals surface area contributed by atoms with Gasteiger partial charge in [0.05, 0.1) is 17.2 Å². The number of aromatic hydroxyl groups is 1.